The summed E-state index contributed by atoms with van der Waals surface area (Å²) in [5.41, 5.74) is 0. The lowest BCUT2D eigenvalue weighted by Gasteiger charge is -2.36. The van der Waals surface area contributed by atoms with E-state index in [1.54, 1.807) is 0 Å². The Hall–Kier alpha value is 0.0649. The van der Waals surface area contributed by atoms with Crippen LogP contribution in [0.4, 0.5) is 0 Å². The van der Waals surface area contributed by atoms with Gasteiger partial charge in [0.05, 0.1) is 7.85 Å². The number of hydrogen-bond donors (Lipinski definition) is 0. The maximum atomic E-state index is 6.42. The molecule has 0 saturated heterocycles. The van der Waals surface area contributed by atoms with E-state index in [-0.39, 0.29) is 0 Å². The van der Waals surface area contributed by atoms with Crippen molar-refractivity contribution in [2.24, 2.45) is 11.8 Å². The van der Waals surface area contributed by atoms with Crippen LogP contribution in [0.1, 0.15) is 64.2 Å². The van der Waals surface area contributed by atoms with Crippen molar-refractivity contribution in [3.05, 3.63) is 0 Å². The molecule has 0 aromatic carbocycles. The van der Waals surface area contributed by atoms with Gasteiger partial charge in [0.2, 0.25) is 0 Å². The van der Waals surface area contributed by atoms with Gasteiger partial charge in [-0.3, -0.25) is 0 Å². The average molecular weight is 190 g/mol. The van der Waals surface area contributed by atoms with Crippen LogP contribution >= 0.6 is 0 Å². The van der Waals surface area contributed by atoms with Crippen LogP contribution in [0.3, 0.4) is 0 Å². The lowest BCUT2D eigenvalue weighted by Crippen LogP contribution is -2.22. The van der Waals surface area contributed by atoms with Crippen molar-refractivity contribution in [1.29, 1.82) is 0 Å². The highest BCUT2D eigenvalue weighted by Crippen LogP contribution is 2.41. The Labute approximate surface area is 90.3 Å². The molecular weight excluding hydrogens is 167 g/mol. The topological polar surface area (TPSA) is 0 Å². The van der Waals surface area contributed by atoms with Gasteiger partial charge in [0, 0.05) is 0 Å². The molecule has 2 saturated carbocycles. The maximum Gasteiger partial charge on any atom is 0.0707 e. The van der Waals surface area contributed by atoms with E-state index in [0.29, 0.717) is 5.82 Å². The molecule has 0 heterocycles. The third-order valence-electron chi connectivity index (χ3n) is 4.39. The zero-order valence-corrected chi connectivity index (χ0v) is 9.38. The van der Waals surface area contributed by atoms with Crippen molar-refractivity contribution in [2.45, 2.75) is 70.0 Å². The van der Waals surface area contributed by atoms with Gasteiger partial charge in [-0.25, -0.2) is 0 Å². The predicted molar refractivity (Wildman–Crippen MR) is 62.7 cm³/mol. The fraction of sp³-hybridized carbons (Fsp3) is 1.00. The Morgan fingerprint density at radius 3 is 1.36 bits per heavy atom. The van der Waals surface area contributed by atoms with Crippen molar-refractivity contribution in [2.75, 3.05) is 0 Å². The van der Waals surface area contributed by atoms with E-state index in [1.165, 1.54) is 64.2 Å². The first kappa shape index (κ1) is 10.6. The fourth-order valence-electron chi connectivity index (χ4n) is 3.42. The van der Waals surface area contributed by atoms with Gasteiger partial charge >= 0.3 is 0 Å². The summed E-state index contributed by atoms with van der Waals surface area (Å²) in [6.45, 7) is 0. The highest BCUT2D eigenvalue weighted by atomic mass is 14.3. The van der Waals surface area contributed by atoms with Gasteiger partial charge in [-0.2, -0.15) is 0 Å². The third kappa shape index (κ3) is 2.55. The minimum atomic E-state index is 0.538. The molecule has 0 atom stereocenters. The molecule has 0 unspecified atom stereocenters. The minimum absolute atomic E-state index is 0.538. The van der Waals surface area contributed by atoms with Crippen molar-refractivity contribution in [3.8, 4) is 0 Å². The van der Waals surface area contributed by atoms with E-state index in [4.69, 9.17) is 7.85 Å². The van der Waals surface area contributed by atoms with Gasteiger partial charge < -0.3 is 0 Å². The number of rotatable bonds is 2. The Kier molecular flexibility index (Phi) is 3.95. The van der Waals surface area contributed by atoms with Crippen molar-refractivity contribution >= 4 is 7.85 Å². The quantitative estimate of drug-likeness (QED) is 0.575. The normalized spacial score (nSPS) is 26.9. The summed E-state index contributed by atoms with van der Waals surface area (Å²) >= 11 is 0. The van der Waals surface area contributed by atoms with E-state index >= 15 is 0 Å². The summed E-state index contributed by atoms with van der Waals surface area (Å²) in [6.07, 6.45) is 14.3. The predicted octanol–water partition coefficient (Wildman–Crippen LogP) is 4.10. The standard InChI is InChI=1S/C13H23B/c14-13(11-7-3-1-4-8-11)12-9-5-2-6-10-12/h11-13H,1-10H2. The van der Waals surface area contributed by atoms with Gasteiger partial charge in [0.1, 0.15) is 0 Å². The summed E-state index contributed by atoms with van der Waals surface area (Å²) < 4.78 is 0. The average Bonchev–Trinajstić information content (AvgIpc) is 2.30. The van der Waals surface area contributed by atoms with Crippen molar-refractivity contribution < 1.29 is 0 Å². The van der Waals surface area contributed by atoms with Gasteiger partial charge in [-0.1, -0.05) is 70.0 Å². The van der Waals surface area contributed by atoms with Crippen LogP contribution in [0, 0.1) is 11.8 Å². The second kappa shape index (κ2) is 5.23. The second-order valence-corrected chi connectivity index (χ2v) is 5.37. The summed E-state index contributed by atoms with van der Waals surface area (Å²) in [4.78, 5) is 0. The molecule has 2 aliphatic carbocycles. The van der Waals surface area contributed by atoms with E-state index in [1.807, 2.05) is 0 Å². The molecule has 0 spiro atoms. The molecule has 2 aliphatic rings. The fourth-order valence-corrected chi connectivity index (χ4v) is 3.42. The molecule has 0 aliphatic heterocycles. The monoisotopic (exact) mass is 190 g/mol. The van der Waals surface area contributed by atoms with Gasteiger partial charge in [0.15, 0.2) is 0 Å². The molecule has 78 valence electrons. The maximum absolute atomic E-state index is 6.42. The SMILES string of the molecule is [B]C(C1CCCCC1)C1CCCCC1. The van der Waals surface area contributed by atoms with E-state index in [2.05, 4.69) is 0 Å². The summed E-state index contributed by atoms with van der Waals surface area (Å²) in [5.74, 6) is 2.27. The van der Waals surface area contributed by atoms with Crippen LogP contribution in [-0.2, 0) is 0 Å². The highest BCUT2D eigenvalue weighted by Gasteiger charge is 2.27. The molecule has 2 rings (SSSR count). The van der Waals surface area contributed by atoms with Crippen LogP contribution < -0.4 is 0 Å². The first-order valence-corrected chi connectivity index (χ1v) is 6.63. The molecule has 1 heteroatoms. The van der Waals surface area contributed by atoms with Crippen LogP contribution in [-0.4, -0.2) is 7.85 Å². The third-order valence-corrected chi connectivity index (χ3v) is 4.39. The molecule has 0 N–H and O–H groups in total. The van der Waals surface area contributed by atoms with E-state index < -0.39 is 0 Å². The summed E-state index contributed by atoms with van der Waals surface area (Å²) in [5, 5.41) is 0. The van der Waals surface area contributed by atoms with E-state index in [0.717, 1.165) is 11.8 Å². The van der Waals surface area contributed by atoms with Crippen LogP contribution in [0.5, 0.6) is 0 Å². The van der Waals surface area contributed by atoms with Crippen LogP contribution in [0.2, 0.25) is 5.82 Å². The zero-order chi connectivity index (χ0) is 9.80. The lowest BCUT2D eigenvalue weighted by molar-refractivity contribution is 0.246. The minimum Gasteiger partial charge on any atom is -0.0718 e. The van der Waals surface area contributed by atoms with Crippen molar-refractivity contribution in [1.82, 2.24) is 0 Å². The summed E-state index contributed by atoms with van der Waals surface area (Å²) in [6, 6.07) is 0. The smallest absolute Gasteiger partial charge is 0.0707 e. The van der Waals surface area contributed by atoms with Crippen molar-refractivity contribution in [3.63, 3.8) is 0 Å². The Morgan fingerprint density at radius 2 is 1.00 bits per heavy atom. The molecule has 0 amide bonds. The Balaban J connectivity index is 1.82. The summed E-state index contributed by atoms with van der Waals surface area (Å²) in [7, 11) is 6.42. The number of hydrogen-bond acceptors (Lipinski definition) is 0. The van der Waals surface area contributed by atoms with Gasteiger partial charge in [0.25, 0.3) is 0 Å². The largest absolute Gasteiger partial charge is 0.0718 e. The van der Waals surface area contributed by atoms with E-state index in [9.17, 15) is 0 Å². The molecule has 14 heavy (non-hydrogen) atoms. The Bertz CT molecular complexity index is 137. The van der Waals surface area contributed by atoms with Crippen LogP contribution in [0.15, 0.2) is 0 Å². The van der Waals surface area contributed by atoms with Gasteiger partial charge in [-0.05, 0) is 11.8 Å². The zero-order valence-electron chi connectivity index (χ0n) is 9.38. The molecule has 2 fully saturated rings. The molecule has 0 nitrogen and oxygen atoms in total. The first-order valence-electron chi connectivity index (χ1n) is 6.63. The van der Waals surface area contributed by atoms with Crippen LogP contribution in [0.25, 0.3) is 0 Å². The lowest BCUT2D eigenvalue weighted by atomic mass is 9.61. The Morgan fingerprint density at radius 1 is 0.643 bits per heavy atom. The van der Waals surface area contributed by atoms with Gasteiger partial charge in [-0.15, -0.1) is 0 Å². The molecule has 0 aromatic rings. The molecule has 0 bridgehead atoms. The second-order valence-electron chi connectivity index (χ2n) is 5.37. The molecule has 0 aromatic heterocycles. The first-order chi connectivity index (χ1) is 6.88. The molecular formula is C13H23B. The highest BCUT2D eigenvalue weighted by molar-refractivity contribution is 6.12. The molecule has 2 radical (unpaired) electrons.